The zero-order valence-corrected chi connectivity index (χ0v) is 54.8. The summed E-state index contributed by atoms with van der Waals surface area (Å²) in [5.74, 6) is 0. The maximum absolute atomic E-state index is 2.41. The van der Waals surface area contributed by atoms with Gasteiger partial charge in [0.1, 0.15) is 0 Å². The molecule has 0 N–H and O–H groups in total. The topological polar surface area (TPSA) is 0 Å². The van der Waals surface area contributed by atoms with Crippen LogP contribution in [-0.4, -0.2) is 0 Å². The predicted molar refractivity (Wildman–Crippen MR) is 319 cm³/mol. The summed E-state index contributed by atoms with van der Waals surface area (Å²) in [6.45, 7) is 79.6. The second-order valence-electron chi connectivity index (χ2n) is 36.0. The molecule has 0 saturated carbocycles. The van der Waals surface area contributed by atoms with Crippen LogP contribution in [0.4, 0.5) is 0 Å². The van der Waals surface area contributed by atoms with Gasteiger partial charge >= 0.3 is 0 Å². The summed E-state index contributed by atoms with van der Waals surface area (Å²) in [7, 11) is 0. The third-order valence-corrected chi connectivity index (χ3v) is 12.2. The molecular weight excluding hydrogens is 805 g/mol. The molecule has 0 aliphatic carbocycles. The molecule has 67 heavy (non-hydrogen) atoms. The highest BCUT2D eigenvalue weighted by molar-refractivity contribution is 4.80. The van der Waals surface area contributed by atoms with Crippen LogP contribution in [0.5, 0.6) is 0 Å². The van der Waals surface area contributed by atoms with Crippen molar-refractivity contribution in [1.29, 1.82) is 0 Å². The maximum atomic E-state index is 2.41. The molecule has 0 fully saturated rings. The van der Waals surface area contributed by atoms with E-state index in [9.17, 15) is 0 Å². The van der Waals surface area contributed by atoms with E-state index in [1.54, 1.807) is 0 Å². The van der Waals surface area contributed by atoms with Gasteiger partial charge in [-0.25, -0.2) is 0 Å². The predicted octanol–water partition coefficient (Wildman–Crippen LogP) is 25.6. The lowest BCUT2D eigenvalue weighted by molar-refractivity contribution is 0.173. The van der Waals surface area contributed by atoms with Gasteiger partial charge in [0.15, 0.2) is 0 Å². The van der Waals surface area contributed by atoms with Gasteiger partial charge < -0.3 is 0 Å². The lowest BCUT2D eigenvalue weighted by Gasteiger charge is -2.34. The van der Waals surface area contributed by atoms with Gasteiger partial charge in [-0.3, -0.25) is 0 Å². The minimum absolute atomic E-state index is 0.460. The summed E-state index contributed by atoms with van der Waals surface area (Å²) in [6.07, 6.45) is 28.9. The second kappa shape index (κ2) is 32.2. The number of hydrogen-bond donors (Lipinski definition) is 0. The van der Waals surface area contributed by atoms with Crippen molar-refractivity contribution in [2.75, 3.05) is 0 Å². The average Bonchev–Trinajstić information content (AvgIpc) is 2.98. The number of unbranched alkanes of at least 4 members (excludes halogenated alkanes) is 6. The summed E-state index contributed by atoms with van der Waals surface area (Å²) in [5.41, 5.74) is 6.04. The van der Waals surface area contributed by atoms with Crippen LogP contribution in [0.1, 0.15) is 370 Å². The van der Waals surface area contributed by atoms with E-state index in [-0.39, 0.29) is 0 Å². The Hall–Kier alpha value is 0. The van der Waals surface area contributed by atoms with Gasteiger partial charge in [-0.05, 0) is 142 Å². The average molecular weight is 950 g/mol. The van der Waals surface area contributed by atoms with Crippen molar-refractivity contribution in [2.24, 2.45) is 65.0 Å². The van der Waals surface area contributed by atoms with Crippen LogP contribution < -0.4 is 0 Å². The summed E-state index contributed by atoms with van der Waals surface area (Å²) in [4.78, 5) is 0. The van der Waals surface area contributed by atoms with Gasteiger partial charge in [0, 0.05) is 0 Å². The monoisotopic (exact) mass is 949 g/mol. The summed E-state index contributed by atoms with van der Waals surface area (Å²) in [6, 6.07) is 0. The molecule has 0 aliphatic heterocycles. The van der Waals surface area contributed by atoms with Crippen molar-refractivity contribution in [2.45, 2.75) is 370 Å². The Morgan fingerprint density at radius 2 is 0.269 bits per heavy atom. The Morgan fingerprint density at radius 1 is 0.134 bits per heavy atom. The lowest BCUT2D eigenvalue weighted by Crippen LogP contribution is -2.22. The molecule has 0 atom stereocenters. The van der Waals surface area contributed by atoms with Crippen LogP contribution in [0.3, 0.4) is 0 Å². The first kappa shape index (κ1) is 75.9. The van der Waals surface area contributed by atoms with E-state index >= 15 is 0 Å². The zero-order chi connectivity index (χ0) is 54.8. The minimum Gasteiger partial charge on any atom is -0.0602 e. The zero-order valence-electron chi connectivity index (χ0n) is 54.8. The van der Waals surface area contributed by atoms with E-state index in [0.29, 0.717) is 65.0 Å². The number of hydrogen-bond acceptors (Lipinski definition) is 0. The molecule has 0 aliphatic rings. The van der Waals surface area contributed by atoms with Gasteiger partial charge in [-0.15, -0.1) is 0 Å². The molecule has 0 heteroatoms. The van der Waals surface area contributed by atoms with Crippen LogP contribution in [0.2, 0.25) is 0 Å². The largest absolute Gasteiger partial charge is 0.0602 e. The van der Waals surface area contributed by atoms with Crippen LogP contribution in [0, 0.1) is 65.0 Å². The van der Waals surface area contributed by atoms with Crippen LogP contribution in [0.15, 0.2) is 0 Å². The quantitative estimate of drug-likeness (QED) is 0.120. The fourth-order valence-corrected chi connectivity index (χ4v) is 8.94. The highest BCUT2D eigenvalue weighted by Gasteiger charge is 2.28. The van der Waals surface area contributed by atoms with E-state index in [0.717, 1.165) is 0 Å². The molecule has 0 aromatic rings. The Bertz CT molecular complexity index is 1020. The van der Waals surface area contributed by atoms with Crippen molar-refractivity contribution >= 4 is 0 Å². The second-order valence-corrected chi connectivity index (χ2v) is 36.0. The van der Waals surface area contributed by atoms with Gasteiger partial charge in [0.2, 0.25) is 0 Å². The Labute approximate surface area is 433 Å². The van der Waals surface area contributed by atoms with Crippen molar-refractivity contribution in [3.63, 3.8) is 0 Å². The van der Waals surface area contributed by atoms with E-state index < -0.39 is 0 Å². The first-order valence-corrected chi connectivity index (χ1v) is 28.9. The Morgan fingerprint density at radius 3 is 0.403 bits per heavy atom. The fourth-order valence-electron chi connectivity index (χ4n) is 8.94. The smallest absolute Gasteiger partial charge is 0.0349 e. The summed E-state index contributed by atoms with van der Waals surface area (Å²) >= 11 is 0. The molecule has 0 nitrogen and oxygen atoms in total. The molecule has 0 heterocycles. The van der Waals surface area contributed by atoms with E-state index in [2.05, 4.69) is 235 Å². The van der Waals surface area contributed by atoms with Crippen molar-refractivity contribution in [3.8, 4) is 0 Å². The first-order chi connectivity index (χ1) is 28.9. The molecule has 0 aromatic heterocycles. The van der Waals surface area contributed by atoms with E-state index in [1.807, 2.05) is 0 Å². The maximum Gasteiger partial charge on any atom is -0.0349 e. The third-order valence-electron chi connectivity index (χ3n) is 12.2. The van der Waals surface area contributed by atoms with Gasteiger partial charge in [0.05, 0.1) is 0 Å². The van der Waals surface area contributed by atoms with Gasteiger partial charge in [-0.1, -0.05) is 293 Å². The number of rotatable bonds is 18. The Kier molecular flexibility index (Phi) is 36.5. The highest BCUT2D eigenvalue weighted by atomic mass is 14.3. The molecule has 0 saturated heterocycles. The fraction of sp³-hybridized carbons (Fsp3) is 1.00. The molecule has 0 rings (SSSR count). The summed E-state index contributed by atoms with van der Waals surface area (Å²) < 4.78 is 0. The molecule has 0 amide bonds. The minimum atomic E-state index is 0.460. The molecule has 0 unspecified atom stereocenters. The van der Waals surface area contributed by atoms with Crippen molar-refractivity contribution < 1.29 is 0 Å². The molecule has 0 spiro atoms. The van der Waals surface area contributed by atoms with Crippen LogP contribution in [-0.2, 0) is 0 Å². The standard InChI is InChI=1S/3C14H30.C13H28.C12H26/c2*1-12(2,3)9-10-14(7,8)11-13(4,5)6;1-13(2,3)11-9-7-8-10-12-14(4,5)6;1-12(2,3)10-8-7-9-11-13(4,5)6;1-11(2,3)9-7-8-10-12(4,5)6/h2*9-11H2,1-8H3;7-12H2,1-6H3;7-11H2,1-6H3;7-10H2,1-6H3. The van der Waals surface area contributed by atoms with E-state index in [1.165, 1.54) is 135 Å². The molecule has 0 aromatic carbocycles. The Balaban J connectivity index is -0.000000239. The van der Waals surface area contributed by atoms with Gasteiger partial charge in [0.25, 0.3) is 0 Å². The lowest BCUT2D eigenvalue weighted by atomic mass is 9.71. The first-order valence-electron chi connectivity index (χ1n) is 28.9. The van der Waals surface area contributed by atoms with Crippen LogP contribution >= 0.6 is 0 Å². The molecule has 0 radical (unpaired) electrons. The molecule has 412 valence electrons. The summed E-state index contributed by atoms with van der Waals surface area (Å²) in [5, 5.41) is 0. The van der Waals surface area contributed by atoms with Crippen LogP contribution in [0.25, 0.3) is 0 Å². The highest BCUT2D eigenvalue weighted by Crippen LogP contribution is 2.40. The molecular formula is C67H144. The third kappa shape index (κ3) is 86.2. The van der Waals surface area contributed by atoms with Gasteiger partial charge in [-0.2, -0.15) is 0 Å². The van der Waals surface area contributed by atoms with E-state index in [4.69, 9.17) is 0 Å². The molecule has 0 bridgehead atoms. The normalized spacial score (nSPS) is 13.9. The SMILES string of the molecule is CC(C)(C)CCC(C)(C)CC(C)(C)C.CC(C)(C)CCC(C)(C)CC(C)(C)C.CC(C)(C)CCCCC(C)(C)C.CC(C)(C)CCCCCC(C)(C)C.CC(C)(C)CCCCCCC(C)(C)C. The van der Waals surface area contributed by atoms with Crippen molar-refractivity contribution in [3.05, 3.63) is 0 Å². The van der Waals surface area contributed by atoms with Crippen molar-refractivity contribution in [1.82, 2.24) is 0 Å².